The summed E-state index contributed by atoms with van der Waals surface area (Å²) < 4.78 is 19.3. The molecule has 2 aromatic rings. The molecular formula is C15H12BrFO3. The molecule has 0 bridgehead atoms. The molecule has 0 heterocycles. The lowest BCUT2D eigenvalue weighted by molar-refractivity contribution is 0.0696. The first-order valence-corrected chi connectivity index (χ1v) is 6.67. The first kappa shape index (κ1) is 14.5. The second kappa shape index (κ2) is 6.05. The number of hydrogen-bond acceptors (Lipinski definition) is 2. The molecule has 1 N–H and O–H groups in total. The van der Waals surface area contributed by atoms with Gasteiger partial charge in [0.05, 0.1) is 10.0 Å². The van der Waals surface area contributed by atoms with Crippen molar-refractivity contribution in [2.24, 2.45) is 0 Å². The summed E-state index contributed by atoms with van der Waals surface area (Å²) in [5.41, 5.74) is 1.86. The molecule has 0 aliphatic heterocycles. The number of ether oxygens (including phenoxy) is 1. The Morgan fingerprint density at radius 3 is 2.70 bits per heavy atom. The number of benzene rings is 2. The summed E-state index contributed by atoms with van der Waals surface area (Å²) in [6.45, 7) is 2.09. The van der Waals surface area contributed by atoms with Gasteiger partial charge in [0.25, 0.3) is 0 Å². The van der Waals surface area contributed by atoms with E-state index in [1.807, 2.05) is 6.92 Å². The van der Waals surface area contributed by atoms with Crippen LogP contribution in [0, 0.1) is 12.7 Å². The van der Waals surface area contributed by atoms with E-state index in [1.54, 1.807) is 12.1 Å². The molecule has 0 radical (unpaired) electrons. The molecule has 2 aromatic carbocycles. The van der Waals surface area contributed by atoms with Crippen LogP contribution in [0.15, 0.2) is 40.9 Å². The lowest BCUT2D eigenvalue weighted by Gasteiger charge is -2.10. The largest absolute Gasteiger partial charge is 0.488 e. The molecular weight excluding hydrogens is 327 g/mol. The molecule has 0 atom stereocenters. The van der Waals surface area contributed by atoms with Crippen molar-refractivity contribution in [2.75, 3.05) is 0 Å². The Morgan fingerprint density at radius 2 is 2.05 bits per heavy atom. The van der Waals surface area contributed by atoms with Crippen LogP contribution >= 0.6 is 15.9 Å². The summed E-state index contributed by atoms with van der Waals surface area (Å²) in [5, 5.41) is 8.87. The number of rotatable bonds is 4. The van der Waals surface area contributed by atoms with Crippen molar-refractivity contribution in [3.63, 3.8) is 0 Å². The third-order valence-electron chi connectivity index (χ3n) is 2.87. The summed E-state index contributed by atoms with van der Waals surface area (Å²) in [5.74, 6) is -0.800. The Bertz CT molecular complexity index is 656. The summed E-state index contributed by atoms with van der Waals surface area (Å²) in [6, 6.07) is 9.01. The Hall–Kier alpha value is -1.88. The molecule has 0 spiro atoms. The molecule has 3 nitrogen and oxygen atoms in total. The van der Waals surface area contributed by atoms with Crippen molar-refractivity contribution >= 4 is 21.9 Å². The van der Waals surface area contributed by atoms with Gasteiger partial charge in [0, 0.05) is 0 Å². The third-order valence-corrected chi connectivity index (χ3v) is 3.49. The second-order valence-electron chi connectivity index (χ2n) is 4.31. The van der Waals surface area contributed by atoms with Crippen LogP contribution in [-0.4, -0.2) is 11.1 Å². The molecule has 2 rings (SSSR count). The van der Waals surface area contributed by atoms with Gasteiger partial charge in [-0.05, 0) is 64.3 Å². The van der Waals surface area contributed by atoms with Gasteiger partial charge in [-0.15, -0.1) is 0 Å². The lowest BCUT2D eigenvalue weighted by atomic mass is 10.1. The van der Waals surface area contributed by atoms with Crippen LogP contribution in [0.25, 0.3) is 0 Å². The van der Waals surface area contributed by atoms with Crippen molar-refractivity contribution in [2.45, 2.75) is 13.5 Å². The number of aromatic carboxylic acids is 1. The normalized spacial score (nSPS) is 10.3. The SMILES string of the molecule is Cc1ccc(F)cc1COc1ccc(C(=O)O)cc1Br. The minimum atomic E-state index is -1.00. The van der Waals surface area contributed by atoms with Gasteiger partial charge in [0.2, 0.25) is 0 Å². The van der Waals surface area contributed by atoms with Crippen LogP contribution in [0.2, 0.25) is 0 Å². The zero-order valence-electron chi connectivity index (χ0n) is 10.7. The first-order valence-electron chi connectivity index (χ1n) is 5.88. The summed E-state index contributed by atoms with van der Waals surface area (Å²) in [7, 11) is 0. The zero-order valence-corrected chi connectivity index (χ0v) is 12.3. The van der Waals surface area contributed by atoms with E-state index < -0.39 is 5.97 Å². The van der Waals surface area contributed by atoms with E-state index >= 15 is 0 Å². The zero-order chi connectivity index (χ0) is 14.7. The minimum Gasteiger partial charge on any atom is -0.488 e. The smallest absolute Gasteiger partial charge is 0.335 e. The van der Waals surface area contributed by atoms with Crippen molar-refractivity contribution in [3.05, 3.63) is 63.4 Å². The molecule has 20 heavy (non-hydrogen) atoms. The predicted molar refractivity (Wildman–Crippen MR) is 76.6 cm³/mol. The average molecular weight is 339 g/mol. The van der Waals surface area contributed by atoms with Gasteiger partial charge in [0.1, 0.15) is 18.2 Å². The van der Waals surface area contributed by atoms with Crippen LogP contribution < -0.4 is 4.74 Å². The Kier molecular flexibility index (Phi) is 4.39. The minimum absolute atomic E-state index is 0.172. The maximum Gasteiger partial charge on any atom is 0.335 e. The fourth-order valence-electron chi connectivity index (χ4n) is 1.70. The van der Waals surface area contributed by atoms with Crippen molar-refractivity contribution in [1.82, 2.24) is 0 Å². The van der Waals surface area contributed by atoms with Gasteiger partial charge in [-0.2, -0.15) is 0 Å². The third kappa shape index (κ3) is 3.36. The van der Waals surface area contributed by atoms with E-state index in [0.717, 1.165) is 11.1 Å². The maximum absolute atomic E-state index is 13.2. The highest BCUT2D eigenvalue weighted by molar-refractivity contribution is 9.10. The van der Waals surface area contributed by atoms with E-state index in [4.69, 9.17) is 9.84 Å². The van der Waals surface area contributed by atoms with E-state index in [0.29, 0.717) is 10.2 Å². The number of carbonyl (C=O) groups is 1. The highest BCUT2D eigenvalue weighted by Gasteiger charge is 2.08. The monoisotopic (exact) mass is 338 g/mol. The summed E-state index contributed by atoms with van der Waals surface area (Å²) >= 11 is 3.26. The molecule has 0 amide bonds. The van der Waals surface area contributed by atoms with Gasteiger partial charge in [-0.25, -0.2) is 9.18 Å². The molecule has 0 saturated carbocycles. The predicted octanol–water partition coefficient (Wildman–Crippen LogP) is 4.17. The molecule has 0 unspecified atom stereocenters. The number of halogens is 2. The molecule has 0 aromatic heterocycles. The molecule has 0 aliphatic rings. The Morgan fingerprint density at radius 1 is 1.30 bits per heavy atom. The molecule has 0 aliphatic carbocycles. The average Bonchev–Trinajstić information content (AvgIpc) is 2.40. The summed E-state index contributed by atoms with van der Waals surface area (Å²) in [4.78, 5) is 10.8. The number of aryl methyl sites for hydroxylation is 1. The highest BCUT2D eigenvalue weighted by Crippen LogP contribution is 2.27. The van der Waals surface area contributed by atoms with Crippen molar-refractivity contribution in [3.8, 4) is 5.75 Å². The number of carboxylic acid groups (broad SMARTS) is 1. The van der Waals surface area contributed by atoms with E-state index in [-0.39, 0.29) is 18.0 Å². The fraction of sp³-hybridized carbons (Fsp3) is 0.133. The van der Waals surface area contributed by atoms with Crippen molar-refractivity contribution in [1.29, 1.82) is 0 Å². The Balaban J connectivity index is 2.15. The van der Waals surface area contributed by atoms with Crippen LogP contribution in [0.1, 0.15) is 21.5 Å². The molecule has 0 fully saturated rings. The molecule has 5 heteroatoms. The Labute approximate surface area is 124 Å². The lowest BCUT2D eigenvalue weighted by Crippen LogP contribution is -2.01. The topological polar surface area (TPSA) is 46.5 Å². The first-order chi connectivity index (χ1) is 9.47. The van der Waals surface area contributed by atoms with Gasteiger partial charge in [0.15, 0.2) is 0 Å². The van der Waals surface area contributed by atoms with E-state index in [1.165, 1.54) is 24.3 Å². The van der Waals surface area contributed by atoms with Crippen LogP contribution in [0.4, 0.5) is 4.39 Å². The summed E-state index contributed by atoms with van der Waals surface area (Å²) in [6.07, 6.45) is 0. The van der Waals surface area contributed by atoms with E-state index in [9.17, 15) is 9.18 Å². The van der Waals surface area contributed by atoms with Crippen molar-refractivity contribution < 1.29 is 19.0 Å². The van der Waals surface area contributed by atoms with Gasteiger partial charge >= 0.3 is 5.97 Å². The fourth-order valence-corrected chi connectivity index (χ4v) is 2.20. The quantitative estimate of drug-likeness (QED) is 0.909. The second-order valence-corrected chi connectivity index (χ2v) is 5.16. The van der Waals surface area contributed by atoms with Gasteiger partial charge in [-0.3, -0.25) is 0 Å². The van der Waals surface area contributed by atoms with E-state index in [2.05, 4.69) is 15.9 Å². The standard InChI is InChI=1S/C15H12BrFO3/c1-9-2-4-12(17)6-11(9)8-20-14-5-3-10(15(18)19)7-13(14)16/h2-7H,8H2,1H3,(H,18,19). The molecule has 104 valence electrons. The van der Waals surface area contributed by atoms with Crippen LogP contribution in [0.5, 0.6) is 5.75 Å². The van der Waals surface area contributed by atoms with Crippen LogP contribution in [-0.2, 0) is 6.61 Å². The molecule has 0 saturated heterocycles. The number of carboxylic acids is 1. The highest BCUT2D eigenvalue weighted by atomic mass is 79.9. The number of hydrogen-bond donors (Lipinski definition) is 1. The van der Waals surface area contributed by atoms with Gasteiger partial charge in [-0.1, -0.05) is 6.07 Å². The van der Waals surface area contributed by atoms with Gasteiger partial charge < -0.3 is 9.84 Å². The van der Waals surface area contributed by atoms with Crippen LogP contribution in [0.3, 0.4) is 0 Å². The maximum atomic E-state index is 13.2.